The third-order valence-electron chi connectivity index (χ3n) is 1.73. The minimum absolute atomic E-state index is 0.0434. The van der Waals surface area contributed by atoms with Crippen LogP contribution in [0.1, 0.15) is 13.8 Å². The van der Waals surface area contributed by atoms with Crippen molar-refractivity contribution in [3.05, 3.63) is 0 Å². The van der Waals surface area contributed by atoms with Crippen LogP contribution >= 0.6 is 0 Å². The molecule has 0 aliphatic carbocycles. The van der Waals surface area contributed by atoms with Gasteiger partial charge in [0, 0.05) is 0 Å². The first-order valence-corrected chi connectivity index (χ1v) is 3.72. The van der Waals surface area contributed by atoms with Crippen molar-refractivity contribution in [2.75, 3.05) is 0 Å². The summed E-state index contributed by atoms with van der Waals surface area (Å²) in [6.45, 7) is 3.58. The maximum absolute atomic E-state index is 11.1. The number of hydrogen-bond acceptors (Lipinski definition) is 3. The number of amides is 2. The van der Waals surface area contributed by atoms with Crippen molar-refractivity contribution >= 4 is 17.8 Å². The van der Waals surface area contributed by atoms with Gasteiger partial charge in [0.2, 0.25) is 17.8 Å². The summed E-state index contributed by atoms with van der Waals surface area (Å²) in [4.78, 5) is 22.3. The molecule has 0 bridgehead atoms. The third-order valence-corrected chi connectivity index (χ3v) is 1.73. The molecule has 12 heavy (non-hydrogen) atoms. The van der Waals surface area contributed by atoms with Crippen LogP contribution in [0.3, 0.4) is 0 Å². The van der Waals surface area contributed by atoms with Crippen LogP contribution < -0.4 is 10.6 Å². The molecule has 3 N–H and O–H groups in total. The zero-order valence-electron chi connectivity index (χ0n) is 6.97. The number of nitrogens with one attached hydrogen (secondary N) is 3. The van der Waals surface area contributed by atoms with Gasteiger partial charge in [-0.15, -0.1) is 0 Å². The van der Waals surface area contributed by atoms with Crippen molar-refractivity contribution in [1.29, 1.82) is 5.41 Å². The molecule has 0 unspecified atom stereocenters. The summed E-state index contributed by atoms with van der Waals surface area (Å²) in [5.41, 5.74) is 0. The molecule has 5 nitrogen and oxygen atoms in total. The van der Waals surface area contributed by atoms with Gasteiger partial charge < -0.3 is 0 Å². The van der Waals surface area contributed by atoms with Gasteiger partial charge in [-0.1, -0.05) is 13.8 Å². The van der Waals surface area contributed by atoms with Crippen molar-refractivity contribution in [2.45, 2.75) is 13.8 Å². The summed E-state index contributed by atoms with van der Waals surface area (Å²) in [6.07, 6.45) is 0. The molecule has 1 rings (SSSR count). The van der Waals surface area contributed by atoms with Crippen molar-refractivity contribution in [2.24, 2.45) is 11.8 Å². The molecule has 0 aromatic rings. The van der Waals surface area contributed by atoms with E-state index < -0.39 is 17.7 Å². The minimum Gasteiger partial charge on any atom is -0.296 e. The Hall–Kier alpha value is -1.39. The molecule has 0 aromatic carbocycles. The predicted molar refractivity (Wildman–Crippen MR) is 42.3 cm³/mol. The molecule has 1 fully saturated rings. The normalized spacial score (nSPS) is 23.9. The van der Waals surface area contributed by atoms with Gasteiger partial charge in [-0.25, -0.2) is 0 Å². The highest BCUT2D eigenvalue weighted by Crippen LogP contribution is 2.12. The zero-order valence-corrected chi connectivity index (χ0v) is 6.97. The molecule has 1 aliphatic heterocycles. The van der Waals surface area contributed by atoms with Crippen LogP contribution in [0.4, 0.5) is 0 Å². The molecule has 2 amide bonds. The molecule has 0 radical (unpaired) electrons. The van der Waals surface area contributed by atoms with E-state index in [1.807, 2.05) is 0 Å². The van der Waals surface area contributed by atoms with Crippen LogP contribution in [-0.2, 0) is 9.59 Å². The smallest absolute Gasteiger partial charge is 0.239 e. The van der Waals surface area contributed by atoms with E-state index in [-0.39, 0.29) is 11.9 Å². The molecule has 0 aromatic heterocycles. The van der Waals surface area contributed by atoms with E-state index in [9.17, 15) is 9.59 Å². The molecular weight excluding hydrogens is 158 g/mol. The predicted octanol–water partition coefficient (Wildman–Crippen LogP) is -0.561. The second-order valence-corrected chi connectivity index (χ2v) is 3.08. The Bertz CT molecular complexity index is 227. The number of guanidine groups is 1. The standard InChI is InChI=1S/C7H11N3O2/c1-3(2)4-5(11)9-7(8)10-6(4)12/h3-4H,1-2H3,(H3,8,9,10,11,12). The Balaban J connectivity index is 2.81. The molecule has 1 saturated heterocycles. The maximum Gasteiger partial charge on any atom is 0.239 e. The molecule has 1 aliphatic rings. The average molecular weight is 169 g/mol. The molecule has 1 heterocycles. The van der Waals surface area contributed by atoms with Gasteiger partial charge >= 0.3 is 0 Å². The van der Waals surface area contributed by atoms with E-state index in [4.69, 9.17) is 5.41 Å². The van der Waals surface area contributed by atoms with E-state index in [0.29, 0.717) is 0 Å². The fourth-order valence-electron chi connectivity index (χ4n) is 1.16. The van der Waals surface area contributed by atoms with E-state index in [1.165, 1.54) is 0 Å². The van der Waals surface area contributed by atoms with Gasteiger partial charge in [0.05, 0.1) is 0 Å². The second-order valence-electron chi connectivity index (χ2n) is 3.08. The van der Waals surface area contributed by atoms with Gasteiger partial charge in [0.1, 0.15) is 5.92 Å². The van der Waals surface area contributed by atoms with E-state index in [0.717, 1.165) is 0 Å². The summed E-state index contributed by atoms with van der Waals surface area (Å²) in [5, 5.41) is 11.5. The zero-order chi connectivity index (χ0) is 9.30. The molecular formula is C7H11N3O2. The molecule has 0 atom stereocenters. The Morgan fingerprint density at radius 2 is 1.67 bits per heavy atom. The van der Waals surface area contributed by atoms with Crippen LogP contribution in [0, 0.1) is 17.2 Å². The Kier molecular flexibility index (Phi) is 2.12. The number of carbonyl (C=O) groups is 2. The maximum atomic E-state index is 11.1. The lowest BCUT2D eigenvalue weighted by molar-refractivity contribution is -0.137. The first-order valence-electron chi connectivity index (χ1n) is 3.72. The molecule has 66 valence electrons. The lowest BCUT2D eigenvalue weighted by atomic mass is 9.93. The van der Waals surface area contributed by atoms with Gasteiger partial charge in [-0.2, -0.15) is 0 Å². The third kappa shape index (κ3) is 1.44. The first-order chi connectivity index (χ1) is 5.52. The van der Waals surface area contributed by atoms with Crippen molar-refractivity contribution in [1.82, 2.24) is 10.6 Å². The summed E-state index contributed by atoms with van der Waals surface area (Å²) in [7, 11) is 0. The minimum atomic E-state index is -0.668. The Morgan fingerprint density at radius 1 is 1.25 bits per heavy atom. The van der Waals surface area contributed by atoms with Gasteiger partial charge in [-0.3, -0.25) is 25.6 Å². The largest absolute Gasteiger partial charge is 0.296 e. The highest BCUT2D eigenvalue weighted by Gasteiger charge is 2.34. The van der Waals surface area contributed by atoms with Gasteiger partial charge in [0.25, 0.3) is 0 Å². The van der Waals surface area contributed by atoms with Crippen LogP contribution in [-0.4, -0.2) is 17.8 Å². The first kappa shape index (κ1) is 8.70. The highest BCUT2D eigenvalue weighted by atomic mass is 16.2. The molecule has 0 saturated carbocycles. The molecule has 0 spiro atoms. The second kappa shape index (κ2) is 2.92. The van der Waals surface area contributed by atoms with Crippen molar-refractivity contribution < 1.29 is 9.59 Å². The average Bonchev–Trinajstić information content (AvgIpc) is 1.82. The number of carbonyl (C=O) groups excluding carboxylic acids is 2. The van der Waals surface area contributed by atoms with E-state index in [2.05, 4.69) is 10.6 Å². The SMILES string of the molecule is CC(C)C1C(=O)NC(=N)NC1=O. The lowest BCUT2D eigenvalue weighted by Crippen LogP contribution is -2.57. The van der Waals surface area contributed by atoms with E-state index >= 15 is 0 Å². The number of hydrogen-bond donors (Lipinski definition) is 3. The van der Waals surface area contributed by atoms with Crippen LogP contribution in [0.25, 0.3) is 0 Å². The topological polar surface area (TPSA) is 82.1 Å². The van der Waals surface area contributed by atoms with Crippen LogP contribution in [0.5, 0.6) is 0 Å². The van der Waals surface area contributed by atoms with E-state index in [1.54, 1.807) is 13.8 Å². The molecule has 5 heteroatoms. The fraction of sp³-hybridized carbons (Fsp3) is 0.571. The lowest BCUT2D eigenvalue weighted by Gasteiger charge is -2.24. The van der Waals surface area contributed by atoms with Gasteiger partial charge in [-0.05, 0) is 5.92 Å². The van der Waals surface area contributed by atoms with Crippen molar-refractivity contribution in [3.63, 3.8) is 0 Å². The van der Waals surface area contributed by atoms with Crippen molar-refractivity contribution in [3.8, 4) is 0 Å². The van der Waals surface area contributed by atoms with Crippen LogP contribution in [0.2, 0.25) is 0 Å². The number of rotatable bonds is 1. The summed E-state index contributed by atoms with van der Waals surface area (Å²) in [6, 6.07) is 0. The highest BCUT2D eigenvalue weighted by molar-refractivity contribution is 6.16. The van der Waals surface area contributed by atoms with Crippen LogP contribution in [0.15, 0.2) is 0 Å². The monoisotopic (exact) mass is 169 g/mol. The summed E-state index contributed by atoms with van der Waals surface area (Å²) >= 11 is 0. The summed E-state index contributed by atoms with van der Waals surface area (Å²) in [5.74, 6) is -1.73. The fourth-order valence-corrected chi connectivity index (χ4v) is 1.16. The summed E-state index contributed by atoms with van der Waals surface area (Å²) < 4.78 is 0. The van der Waals surface area contributed by atoms with Gasteiger partial charge in [0.15, 0.2) is 0 Å². The quantitative estimate of drug-likeness (QED) is 0.460. The Morgan fingerprint density at radius 3 is 2.00 bits per heavy atom. The Labute approximate surface area is 70.0 Å².